The van der Waals surface area contributed by atoms with Gasteiger partial charge in [0.25, 0.3) is 0 Å². The van der Waals surface area contributed by atoms with Crippen LogP contribution in [0.15, 0.2) is 47.5 Å². The number of nitrogens with zero attached hydrogens (tertiary/aromatic N) is 1. The third-order valence-corrected chi connectivity index (χ3v) is 4.40. The molecule has 0 saturated carbocycles. The van der Waals surface area contributed by atoms with Crippen LogP contribution in [0.3, 0.4) is 0 Å². The molecule has 0 unspecified atom stereocenters. The molecule has 0 fully saturated rings. The number of ether oxygens (including phenoxy) is 2. The van der Waals surface area contributed by atoms with Gasteiger partial charge in [-0.1, -0.05) is 23.7 Å². The molecule has 0 saturated heterocycles. The Bertz CT molecular complexity index is 720. The van der Waals surface area contributed by atoms with E-state index < -0.39 is 10.0 Å². The van der Waals surface area contributed by atoms with Gasteiger partial charge in [0.2, 0.25) is 10.0 Å². The molecule has 0 bridgehead atoms. The largest absolute Gasteiger partial charge is 0.493 e. The maximum Gasteiger partial charge on any atom is 0.242 e. The van der Waals surface area contributed by atoms with Crippen molar-refractivity contribution in [2.45, 2.75) is 4.90 Å². The zero-order valence-corrected chi connectivity index (χ0v) is 13.4. The molecule has 2 rings (SSSR count). The van der Waals surface area contributed by atoms with Crippen LogP contribution in [0.5, 0.6) is 11.5 Å². The van der Waals surface area contributed by atoms with Gasteiger partial charge in [-0.25, -0.2) is 18.1 Å². The first-order valence-corrected chi connectivity index (χ1v) is 8.26. The van der Waals surface area contributed by atoms with Crippen molar-refractivity contribution >= 4 is 21.6 Å². The highest BCUT2D eigenvalue weighted by Gasteiger charge is 2.13. The highest BCUT2D eigenvalue weighted by Crippen LogP contribution is 2.25. The molecule has 118 valence electrons. The van der Waals surface area contributed by atoms with Gasteiger partial charge in [0.1, 0.15) is 16.7 Å². The van der Waals surface area contributed by atoms with Crippen LogP contribution in [0.2, 0.25) is 5.15 Å². The molecule has 8 heteroatoms. The van der Waals surface area contributed by atoms with E-state index in [9.17, 15) is 8.42 Å². The summed E-state index contributed by atoms with van der Waals surface area (Å²) >= 11 is 5.63. The fraction of sp³-hybridized carbons (Fsp3) is 0.214. The molecule has 1 aromatic heterocycles. The summed E-state index contributed by atoms with van der Waals surface area (Å²) in [6.45, 7) is 0.281. The molecule has 0 spiro atoms. The summed E-state index contributed by atoms with van der Waals surface area (Å²) < 4.78 is 37.1. The zero-order valence-electron chi connectivity index (χ0n) is 11.8. The Balaban J connectivity index is 1.89. The highest BCUT2D eigenvalue weighted by atomic mass is 35.5. The minimum Gasteiger partial charge on any atom is -0.493 e. The Labute approximate surface area is 134 Å². The fourth-order valence-corrected chi connectivity index (χ4v) is 2.75. The Hall–Kier alpha value is -1.83. The van der Waals surface area contributed by atoms with Crippen molar-refractivity contribution in [2.24, 2.45) is 0 Å². The van der Waals surface area contributed by atoms with E-state index in [1.54, 1.807) is 25.3 Å². The summed E-state index contributed by atoms with van der Waals surface area (Å²) in [5.41, 5.74) is 0. The number of methoxy groups -OCH3 is 1. The molecule has 1 aromatic carbocycles. The number of hydrogen-bond donors (Lipinski definition) is 1. The van der Waals surface area contributed by atoms with Gasteiger partial charge in [0.15, 0.2) is 11.5 Å². The monoisotopic (exact) mass is 342 g/mol. The van der Waals surface area contributed by atoms with Crippen LogP contribution in [0.4, 0.5) is 0 Å². The lowest BCUT2D eigenvalue weighted by molar-refractivity contribution is 0.298. The molecular formula is C14H15ClN2O4S. The first-order valence-electron chi connectivity index (χ1n) is 6.40. The molecule has 6 nitrogen and oxygen atoms in total. The molecule has 0 radical (unpaired) electrons. The molecule has 22 heavy (non-hydrogen) atoms. The molecule has 1 heterocycles. The number of nitrogens with one attached hydrogen (secondary N) is 1. The van der Waals surface area contributed by atoms with E-state index in [4.69, 9.17) is 21.1 Å². The van der Waals surface area contributed by atoms with Crippen LogP contribution >= 0.6 is 11.6 Å². The summed E-state index contributed by atoms with van der Waals surface area (Å²) in [5, 5.41) is 0.235. The summed E-state index contributed by atoms with van der Waals surface area (Å²) in [7, 11) is -2.09. The summed E-state index contributed by atoms with van der Waals surface area (Å²) in [4.78, 5) is 3.79. The van der Waals surface area contributed by atoms with E-state index in [0.29, 0.717) is 11.5 Å². The van der Waals surface area contributed by atoms with Crippen LogP contribution < -0.4 is 14.2 Å². The van der Waals surface area contributed by atoms with E-state index in [1.165, 1.54) is 18.3 Å². The third-order valence-electron chi connectivity index (χ3n) is 2.73. The van der Waals surface area contributed by atoms with Gasteiger partial charge in [-0.05, 0) is 24.3 Å². The molecule has 0 aliphatic heterocycles. The minimum absolute atomic E-state index is 0.0502. The Morgan fingerprint density at radius 1 is 1.18 bits per heavy atom. The van der Waals surface area contributed by atoms with Gasteiger partial charge < -0.3 is 9.47 Å². The smallest absolute Gasteiger partial charge is 0.242 e. The number of para-hydroxylation sites is 2. The number of halogens is 1. The average Bonchev–Trinajstić information content (AvgIpc) is 2.52. The maximum absolute atomic E-state index is 12.0. The quantitative estimate of drug-likeness (QED) is 0.616. The van der Waals surface area contributed by atoms with Crippen LogP contribution in [-0.2, 0) is 10.0 Å². The number of rotatable bonds is 7. The Morgan fingerprint density at radius 3 is 2.55 bits per heavy atom. The first-order chi connectivity index (χ1) is 10.5. The van der Waals surface area contributed by atoms with Crippen LogP contribution in [0.1, 0.15) is 0 Å². The van der Waals surface area contributed by atoms with E-state index in [-0.39, 0.29) is 23.2 Å². The number of benzene rings is 1. The summed E-state index contributed by atoms with van der Waals surface area (Å²) in [6.07, 6.45) is 1.20. The van der Waals surface area contributed by atoms with E-state index in [2.05, 4.69) is 9.71 Å². The molecule has 0 aliphatic rings. The Morgan fingerprint density at radius 2 is 1.91 bits per heavy atom. The van der Waals surface area contributed by atoms with Crippen LogP contribution in [0, 0.1) is 0 Å². The van der Waals surface area contributed by atoms with Gasteiger partial charge in [-0.2, -0.15) is 0 Å². The maximum atomic E-state index is 12.0. The topological polar surface area (TPSA) is 77.5 Å². The van der Waals surface area contributed by atoms with E-state index in [1.807, 2.05) is 6.07 Å². The number of aromatic nitrogens is 1. The molecule has 0 amide bonds. The van der Waals surface area contributed by atoms with Crippen molar-refractivity contribution in [1.29, 1.82) is 0 Å². The first kappa shape index (κ1) is 16.5. The standard InChI is InChI=1S/C14H15ClN2O4S/c1-20-12-4-2-3-5-13(12)21-9-8-17-22(18,19)11-6-7-14(15)16-10-11/h2-7,10,17H,8-9H2,1H3. The van der Waals surface area contributed by atoms with Gasteiger partial charge in [0, 0.05) is 12.7 Å². The van der Waals surface area contributed by atoms with Crippen molar-refractivity contribution in [1.82, 2.24) is 9.71 Å². The lowest BCUT2D eigenvalue weighted by atomic mass is 10.3. The highest BCUT2D eigenvalue weighted by molar-refractivity contribution is 7.89. The third kappa shape index (κ3) is 4.33. The van der Waals surface area contributed by atoms with Gasteiger partial charge >= 0.3 is 0 Å². The lowest BCUT2D eigenvalue weighted by Crippen LogP contribution is -2.28. The average molecular weight is 343 g/mol. The summed E-state index contributed by atoms with van der Waals surface area (Å²) in [6, 6.07) is 9.94. The van der Waals surface area contributed by atoms with Gasteiger partial charge in [0.05, 0.1) is 7.11 Å². The van der Waals surface area contributed by atoms with Crippen molar-refractivity contribution < 1.29 is 17.9 Å². The SMILES string of the molecule is COc1ccccc1OCCNS(=O)(=O)c1ccc(Cl)nc1. The lowest BCUT2D eigenvalue weighted by Gasteiger charge is -2.11. The molecule has 2 aromatic rings. The van der Waals surface area contributed by atoms with Crippen molar-refractivity contribution in [2.75, 3.05) is 20.3 Å². The predicted molar refractivity (Wildman–Crippen MR) is 82.9 cm³/mol. The molecule has 1 N–H and O–H groups in total. The number of sulfonamides is 1. The predicted octanol–water partition coefficient (Wildman–Crippen LogP) is 2.10. The van der Waals surface area contributed by atoms with Crippen molar-refractivity contribution in [3.05, 3.63) is 47.7 Å². The summed E-state index contributed by atoms with van der Waals surface area (Å²) in [5.74, 6) is 1.14. The van der Waals surface area contributed by atoms with Gasteiger partial charge in [-0.3, -0.25) is 0 Å². The molecule has 0 aliphatic carbocycles. The molecular weight excluding hydrogens is 328 g/mol. The zero-order chi connectivity index (χ0) is 16.0. The Kier molecular flexibility index (Phi) is 5.59. The number of pyridine rings is 1. The van der Waals surface area contributed by atoms with E-state index >= 15 is 0 Å². The van der Waals surface area contributed by atoms with Crippen molar-refractivity contribution in [3.63, 3.8) is 0 Å². The second-order valence-corrected chi connectivity index (χ2v) is 6.37. The van der Waals surface area contributed by atoms with Gasteiger partial charge in [-0.15, -0.1) is 0 Å². The normalized spacial score (nSPS) is 11.2. The van der Waals surface area contributed by atoms with E-state index in [0.717, 1.165) is 0 Å². The molecule has 0 atom stereocenters. The second-order valence-electron chi connectivity index (χ2n) is 4.21. The minimum atomic E-state index is -3.63. The van der Waals surface area contributed by atoms with Crippen molar-refractivity contribution in [3.8, 4) is 11.5 Å². The fourth-order valence-electron chi connectivity index (χ4n) is 1.68. The second kappa shape index (κ2) is 7.44. The van der Waals surface area contributed by atoms with Crippen LogP contribution in [0.25, 0.3) is 0 Å². The number of hydrogen-bond acceptors (Lipinski definition) is 5. The van der Waals surface area contributed by atoms with Crippen LogP contribution in [-0.4, -0.2) is 33.7 Å².